The fourth-order valence-electron chi connectivity index (χ4n) is 1.04. The zero-order chi connectivity index (χ0) is 15.5. The first kappa shape index (κ1) is 17.8. The van der Waals surface area contributed by atoms with Crippen molar-refractivity contribution in [3.8, 4) is 0 Å². The van der Waals surface area contributed by atoms with Crippen molar-refractivity contribution < 1.29 is 38.2 Å². The van der Waals surface area contributed by atoms with Crippen molar-refractivity contribution in [2.45, 2.75) is 32.6 Å². The molecule has 0 bridgehead atoms. The van der Waals surface area contributed by atoms with Crippen LogP contribution in [0, 0.1) is 0 Å². The summed E-state index contributed by atoms with van der Waals surface area (Å²) in [6, 6.07) is 0. The molecule has 0 unspecified atom stereocenters. The maximum atomic E-state index is 11.1. The van der Waals surface area contributed by atoms with E-state index in [4.69, 9.17) is 0 Å². The number of unbranched alkanes of at least 4 members (excludes halogenated alkanes) is 1. The fourth-order valence-corrected chi connectivity index (χ4v) is 1.04. The van der Waals surface area contributed by atoms with Gasteiger partial charge in [-0.25, -0.2) is 4.79 Å². The van der Waals surface area contributed by atoms with Crippen molar-refractivity contribution in [2.24, 2.45) is 0 Å². The maximum absolute atomic E-state index is 11.1. The highest BCUT2D eigenvalue weighted by atomic mass is 16.6. The third kappa shape index (κ3) is 8.78. The Kier molecular flexibility index (Phi) is 8.56. The van der Waals surface area contributed by atoms with Crippen LogP contribution in [-0.4, -0.2) is 43.4 Å². The van der Waals surface area contributed by atoms with Gasteiger partial charge in [0.25, 0.3) is 0 Å². The van der Waals surface area contributed by atoms with Gasteiger partial charge in [0.05, 0.1) is 13.7 Å². The molecule has 0 saturated heterocycles. The van der Waals surface area contributed by atoms with Crippen LogP contribution in [0.25, 0.3) is 0 Å². The van der Waals surface area contributed by atoms with E-state index in [0.29, 0.717) is 12.8 Å². The predicted octanol–water partition coefficient (Wildman–Crippen LogP) is -0.0782. The molecule has 0 aliphatic rings. The number of ketones is 1. The summed E-state index contributed by atoms with van der Waals surface area (Å²) >= 11 is 0. The molecule has 0 heterocycles. The second kappa shape index (κ2) is 9.65. The van der Waals surface area contributed by atoms with Crippen LogP contribution in [0.4, 0.5) is 0 Å². The largest absolute Gasteiger partial charge is 0.469 e. The maximum Gasteiger partial charge on any atom is 0.381 e. The van der Waals surface area contributed by atoms with E-state index in [9.17, 15) is 24.0 Å². The second-order valence-corrected chi connectivity index (χ2v) is 3.75. The highest BCUT2D eigenvalue weighted by Crippen LogP contribution is 1.99. The molecule has 0 amide bonds. The summed E-state index contributed by atoms with van der Waals surface area (Å²) in [7, 11) is 1.27. The molecule has 0 N–H and O–H groups in total. The molecule has 0 saturated carbocycles. The van der Waals surface area contributed by atoms with Crippen LogP contribution >= 0.6 is 0 Å². The van der Waals surface area contributed by atoms with Gasteiger partial charge in [-0.2, -0.15) is 0 Å². The number of carbonyl (C=O) groups excluding carboxylic acids is 5. The molecule has 20 heavy (non-hydrogen) atoms. The van der Waals surface area contributed by atoms with Crippen molar-refractivity contribution in [3.05, 3.63) is 0 Å². The van der Waals surface area contributed by atoms with Gasteiger partial charge in [-0.15, -0.1) is 0 Å². The van der Waals surface area contributed by atoms with Crippen molar-refractivity contribution in [3.63, 3.8) is 0 Å². The minimum atomic E-state index is -1.32. The summed E-state index contributed by atoms with van der Waals surface area (Å²) < 4.78 is 13.2. The topological polar surface area (TPSA) is 113 Å². The first-order valence-corrected chi connectivity index (χ1v) is 5.84. The Morgan fingerprint density at radius 1 is 0.900 bits per heavy atom. The Hall–Kier alpha value is -2.25. The van der Waals surface area contributed by atoms with Gasteiger partial charge in [0.2, 0.25) is 5.78 Å². The summed E-state index contributed by atoms with van der Waals surface area (Å²) in [6.45, 7) is 0.971. The van der Waals surface area contributed by atoms with Crippen molar-refractivity contribution in [1.82, 2.24) is 0 Å². The van der Waals surface area contributed by atoms with Crippen molar-refractivity contribution in [1.29, 1.82) is 0 Å². The lowest BCUT2D eigenvalue weighted by Gasteiger charge is -2.04. The van der Waals surface area contributed by atoms with Gasteiger partial charge in [-0.1, -0.05) is 0 Å². The van der Waals surface area contributed by atoms with Crippen LogP contribution < -0.4 is 0 Å². The van der Waals surface area contributed by atoms with E-state index < -0.39 is 30.1 Å². The van der Waals surface area contributed by atoms with Crippen LogP contribution in [0.3, 0.4) is 0 Å². The molecule has 8 heteroatoms. The Labute approximate surface area is 115 Å². The SMILES string of the molecule is COC(=O)CCCCOC(=O)CC(=O)OC(=O)C(C)=O. The first-order chi connectivity index (χ1) is 9.36. The molecule has 0 rings (SSSR count). The third-order valence-electron chi connectivity index (χ3n) is 2.05. The zero-order valence-electron chi connectivity index (χ0n) is 11.3. The van der Waals surface area contributed by atoms with E-state index in [-0.39, 0.29) is 19.0 Å². The van der Waals surface area contributed by atoms with Crippen LogP contribution in [0.1, 0.15) is 32.6 Å². The Morgan fingerprint density at radius 2 is 1.55 bits per heavy atom. The van der Waals surface area contributed by atoms with Gasteiger partial charge in [-0.05, 0) is 12.8 Å². The average Bonchev–Trinajstić information content (AvgIpc) is 2.37. The molecular weight excluding hydrogens is 272 g/mol. The number of carbonyl (C=O) groups is 5. The summed E-state index contributed by atoms with van der Waals surface area (Å²) in [4.78, 5) is 54.2. The van der Waals surface area contributed by atoms with Crippen molar-refractivity contribution in [2.75, 3.05) is 13.7 Å². The monoisotopic (exact) mass is 288 g/mol. The smallest absolute Gasteiger partial charge is 0.381 e. The molecule has 0 atom stereocenters. The van der Waals surface area contributed by atoms with Gasteiger partial charge >= 0.3 is 23.9 Å². The standard InChI is InChI=1S/C12H16O8/c1-8(13)12(17)20-11(16)7-10(15)19-6-4-3-5-9(14)18-2/h3-7H2,1-2H3. The highest BCUT2D eigenvalue weighted by Gasteiger charge is 2.18. The third-order valence-corrected chi connectivity index (χ3v) is 2.05. The molecule has 0 aromatic rings. The molecule has 0 radical (unpaired) electrons. The second-order valence-electron chi connectivity index (χ2n) is 3.75. The minimum Gasteiger partial charge on any atom is -0.469 e. The number of rotatable bonds is 8. The van der Waals surface area contributed by atoms with Crippen molar-refractivity contribution >= 4 is 29.7 Å². The molecule has 0 aliphatic carbocycles. The van der Waals surface area contributed by atoms with Crippen LogP contribution in [0.5, 0.6) is 0 Å². The lowest BCUT2D eigenvalue weighted by Crippen LogP contribution is -2.21. The average molecular weight is 288 g/mol. The number of hydrogen-bond donors (Lipinski definition) is 0. The summed E-state index contributed by atoms with van der Waals surface area (Å²) in [5.74, 6) is -4.63. The fraction of sp³-hybridized carbons (Fsp3) is 0.583. The zero-order valence-corrected chi connectivity index (χ0v) is 11.3. The molecule has 112 valence electrons. The lowest BCUT2D eigenvalue weighted by molar-refractivity contribution is -0.166. The van der Waals surface area contributed by atoms with Gasteiger partial charge < -0.3 is 14.2 Å². The number of Topliss-reactive ketones (excluding diaryl/α,β-unsaturated/α-hetero) is 1. The molecule has 0 aromatic carbocycles. The highest BCUT2D eigenvalue weighted by molar-refractivity contribution is 6.34. The number of hydrogen-bond acceptors (Lipinski definition) is 8. The lowest BCUT2D eigenvalue weighted by atomic mass is 10.2. The molecular formula is C12H16O8. The van der Waals surface area contributed by atoms with Crippen LogP contribution in [0.2, 0.25) is 0 Å². The molecule has 0 spiro atoms. The number of methoxy groups -OCH3 is 1. The summed E-state index contributed by atoms with van der Waals surface area (Å²) in [5, 5.41) is 0. The summed E-state index contributed by atoms with van der Waals surface area (Å²) in [5.41, 5.74) is 0. The van der Waals surface area contributed by atoms with E-state index in [2.05, 4.69) is 14.2 Å². The van der Waals surface area contributed by atoms with Crippen LogP contribution in [0.15, 0.2) is 0 Å². The molecule has 0 fully saturated rings. The molecule has 0 aromatic heterocycles. The van der Waals surface area contributed by atoms with E-state index >= 15 is 0 Å². The predicted molar refractivity (Wildman–Crippen MR) is 63.2 cm³/mol. The molecule has 0 aliphatic heterocycles. The number of ether oxygens (including phenoxy) is 3. The van der Waals surface area contributed by atoms with E-state index in [1.165, 1.54) is 7.11 Å². The van der Waals surface area contributed by atoms with Gasteiger partial charge in [-0.3, -0.25) is 19.2 Å². The van der Waals surface area contributed by atoms with Gasteiger partial charge in [0.15, 0.2) is 0 Å². The van der Waals surface area contributed by atoms with E-state index in [1.54, 1.807) is 0 Å². The number of esters is 4. The Morgan fingerprint density at radius 3 is 2.10 bits per heavy atom. The van der Waals surface area contributed by atoms with Gasteiger partial charge in [0, 0.05) is 13.3 Å². The first-order valence-electron chi connectivity index (χ1n) is 5.84. The van der Waals surface area contributed by atoms with E-state index in [1.807, 2.05) is 0 Å². The minimum absolute atomic E-state index is 0.0315. The van der Waals surface area contributed by atoms with E-state index in [0.717, 1.165) is 6.92 Å². The quantitative estimate of drug-likeness (QED) is 0.200. The molecule has 8 nitrogen and oxygen atoms in total. The normalized spacial score (nSPS) is 9.50. The Balaban J connectivity index is 3.73. The summed E-state index contributed by atoms with van der Waals surface area (Å²) in [6.07, 6.45) is 0.370. The Bertz CT molecular complexity index is 398. The van der Waals surface area contributed by atoms with Crippen LogP contribution in [-0.2, 0) is 38.2 Å². The van der Waals surface area contributed by atoms with Gasteiger partial charge in [0.1, 0.15) is 6.42 Å².